The van der Waals surface area contributed by atoms with E-state index in [0.29, 0.717) is 0 Å². The minimum atomic E-state index is -0.524. The summed E-state index contributed by atoms with van der Waals surface area (Å²) >= 11 is 0. The van der Waals surface area contributed by atoms with Gasteiger partial charge in [-0.3, -0.25) is 0 Å². The normalized spacial score (nSPS) is 14.6. The molecule has 0 bridgehead atoms. The number of hydrogen-bond acceptors (Lipinski definition) is 2. The minimum Gasteiger partial charge on any atom is -0.310 e. The first-order valence-electron chi connectivity index (χ1n) is 19.0. The highest BCUT2D eigenvalue weighted by molar-refractivity contribution is 6.05. The van der Waals surface area contributed by atoms with E-state index in [-0.39, 0.29) is 0 Å². The van der Waals surface area contributed by atoms with Crippen LogP contribution in [0.5, 0.6) is 0 Å². The Morgan fingerprint density at radius 1 is 0.291 bits per heavy atom. The molecule has 9 aromatic rings. The second-order valence-corrected chi connectivity index (χ2v) is 14.4. The fraction of sp³-hybridized carbons (Fsp3) is 0.0189. The van der Waals surface area contributed by atoms with Crippen LogP contribution in [0.2, 0.25) is 0 Å². The smallest absolute Gasteiger partial charge is 0.0727 e. The quantitative estimate of drug-likeness (QED) is 0.170. The first-order valence-corrected chi connectivity index (χ1v) is 19.0. The molecule has 0 saturated heterocycles. The Bertz CT molecular complexity index is 2840. The molecule has 55 heavy (non-hydrogen) atoms. The molecule has 0 aromatic heterocycles. The summed E-state index contributed by atoms with van der Waals surface area (Å²) in [5.41, 5.74) is 16.7. The number of nitrogens with zero attached hydrogens (tertiary/aromatic N) is 2. The van der Waals surface area contributed by atoms with Crippen LogP contribution in [0.3, 0.4) is 0 Å². The number of rotatable bonds is 6. The van der Waals surface area contributed by atoms with E-state index in [9.17, 15) is 0 Å². The lowest BCUT2D eigenvalue weighted by Crippen LogP contribution is -2.26. The van der Waals surface area contributed by atoms with Crippen LogP contribution in [0.15, 0.2) is 218 Å². The Kier molecular flexibility index (Phi) is 7.11. The Morgan fingerprint density at radius 2 is 0.782 bits per heavy atom. The summed E-state index contributed by atoms with van der Waals surface area (Å²) in [6.45, 7) is 0. The maximum absolute atomic E-state index is 2.47. The third-order valence-corrected chi connectivity index (χ3v) is 11.6. The van der Waals surface area contributed by atoms with Gasteiger partial charge in [0.25, 0.3) is 0 Å². The van der Waals surface area contributed by atoms with Gasteiger partial charge in [0, 0.05) is 33.7 Å². The lowest BCUT2D eigenvalue weighted by atomic mass is 9.70. The first-order chi connectivity index (χ1) is 27.3. The standard InChI is InChI=1S/C53H36N2/c1-4-20-38(21-5-1)54(39-22-6-2-7-23-39)41-34-35-44-43-27-12-14-29-46(43)53(49(44)36-41)47-30-15-13-28-45(47)52-48(53)31-17-33-51(52)55(40-24-8-3-9-25-40)50-32-16-19-37-18-10-11-26-42(37)50/h1-36H. The van der Waals surface area contributed by atoms with E-state index >= 15 is 0 Å². The molecule has 0 N–H and O–H groups in total. The Labute approximate surface area is 321 Å². The summed E-state index contributed by atoms with van der Waals surface area (Å²) in [7, 11) is 0. The van der Waals surface area contributed by atoms with Crippen molar-refractivity contribution >= 4 is 44.9 Å². The number of para-hydroxylation sites is 3. The molecule has 0 heterocycles. The Morgan fingerprint density at radius 3 is 1.49 bits per heavy atom. The van der Waals surface area contributed by atoms with E-state index in [1.54, 1.807) is 0 Å². The van der Waals surface area contributed by atoms with Crippen LogP contribution in [0.1, 0.15) is 22.3 Å². The molecule has 0 saturated carbocycles. The van der Waals surface area contributed by atoms with Crippen LogP contribution in [0.4, 0.5) is 34.1 Å². The monoisotopic (exact) mass is 700 g/mol. The second-order valence-electron chi connectivity index (χ2n) is 14.4. The summed E-state index contributed by atoms with van der Waals surface area (Å²) in [6.07, 6.45) is 0. The third-order valence-electron chi connectivity index (χ3n) is 11.6. The minimum absolute atomic E-state index is 0.524. The molecule has 258 valence electrons. The number of hydrogen-bond donors (Lipinski definition) is 0. The average molecular weight is 701 g/mol. The largest absolute Gasteiger partial charge is 0.310 e. The molecule has 9 aromatic carbocycles. The Balaban J connectivity index is 1.22. The molecule has 2 nitrogen and oxygen atoms in total. The van der Waals surface area contributed by atoms with Gasteiger partial charge in [0.1, 0.15) is 0 Å². The summed E-state index contributed by atoms with van der Waals surface area (Å²) < 4.78 is 0. The highest BCUT2D eigenvalue weighted by Gasteiger charge is 2.52. The zero-order valence-corrected chi connectivity index (χ0v) is 30.2. The number of fused-ring (bicyclic) bond motifs is 11. The molecule has 0 radical (unpaired) electrons. The third kappa shape index (κ3) is 4.62. The highest BCUT2D eigenvalue weighted by Crippen LogP contribution is 2.65. The maximum Gasteiger partial charge on any atom is 0.0727 e. The van der Waals surface area contributed by atoms with Gasteiger partial charge in [0.2, 0.25) is 0 Å². The van der Waals surface area contributed by atoms with Gasteiger partial charge in [0.05, 0.1) is 16.8 Å². The first kappa shape index (κ1) is 31.4. The summed E-state index contributed by atoms with van der Waals surface area (Å²) in [5, 5.41) is 2.44. The molecule has 1 unspecified atom stereocenters. The van der Waals surface area contributed by atoms with Gasteiger partial charge in [-0.1, -0.05) is 158 Å². The van der Waals surface area contributed by atoms with E-state index < -0.39 is 5.41 Å². The van der Waals surface area contributed by atoms with Gasteiger partial charge in [-0.15, -0.1) is 0 Å². The van der Waals surface area contributed by atoms with Crippen molar-refractivity contribution in [2.24, 2.45) is 0 Å². The molecule has 0 amide bonds. The molecule has 1 atom stereocenters. The summed E-state index contributed by atoms with van der Waals surface area (Å²) in [5.74, 6) is 0. The van der Waals surface area contributed by atoms with E-state index in [1.165, 1.54) is 61.0 Å². The number of benzene rings is 9. The fourth-order valence-electron chi connectivity index (χ4n) is 9.47. The second kappa shape index (κ2) is 12.5. The SMILES string of the molecule is c1ccc(N(c2ccccc2)c2ccc3c(c2)C2(c4ccccc4-3)c3ccccc3-c3c(N(c4ccccc4)c4cccc5ccccc45)cccc32)cc1. The van der Waals surface area contributed by atoms with Crippen molar-refractivity contribution in [2.45, 2.75) is 5.41 Å². The maximum atomic E-state index is 2.47. The van der Waals surface area contributed by atoms with Gasteiger partial charge in [0.15, 0.2) is 0 Å². The predicted octanol–water partition coefficient (Wildman–Crippen LogP) is 14.1. The van der Waals surface area contributed by atoms with Gasteiger partial charge in [-0.2, -0.15) is 0 Å². The Hall–Kier alpha value is -7.16. The van der Waals surface area contributed by atoms with Crippen LogP contribution in [0, 0.1) is 0 Å². The van der Waals surface area contributed by atoms with Gasteiger partial charge in [-0.05, 0) is 105 Å². The lowest BCUT2D eigenvalue weighted by molar-refractivity contribution is 0.793. The van der Waals surface area contributed by atoms with Crippen molar-refractivity contribution in [3.8, 4) is 22.3 Å². The topological polar surface area (TPSA) is 6.48 Å². The van der Waals surface area contributed by atoms with E-state index in [1.807, 2.05) is 0 Å². The molecule has 11 rings (SSSR count). The van der Waals surface area contributed by atoms with Crippen LogP contribution < -0.4 is 9.80 Å². The van der Waals surface area contributed by atoms with Crippen LogP contribution >= 0.6 is 0 Å². The van der Waals surface area contributed by atoms with Crippen LogP contribution in [0.25, 0.3) is 33.0 Å². The summed E-state index contributed by atoms with van der Waals surface area (Å²) in [6, 6.07) is 79.9. The predicted molar refractivity (Wildman–Crippen MR) is 230 cm³/mol. The van der Waals surface area contributed by atoms with Crippen LogP contribution in [-0.4, -0.2) is 0 Å². The molecule has 0 aliphatic heterocycles. The van der Waals surface area contributed by atoms with Gasteiger partial charge < -0.3 is 9.80 Å². The highest BCUT2D eigenvalue weighted by atomic mass is 15.2. The van der Waals surface area contributed by atoms with Gasteiger partial charge >= 0.3 is 0 Å². The number of anilines is 6. The molecule has 0 fully saturated rings. The lowest BCUT2D eigenvalue weighted by Gasteiger charge is -2.33. The van der Waals surface area contributed by atoms with Crippen molar-refractivity contribution in [2.75, 3.05) is 9.80 Å². The molecule has 2 aliphatic rings. The summed E-state index contributed by atoms with van der Waals surface area (Å²) in [4.78, 5) is 4.86. The molecule has 2 heteroatoms. The van der Waals surface area contributed by atoms with Crippen molar-refractivity contribution in [1.82, 2.24) is 0 Å². The van der Waals surface area contributed by atoms with E-state index in [4.69, 9.17) is 0 Å². The van der Waals surface area contributed by atoms with Crippen LogP contribution in [-0.2, 0) is 5.41 Å². The zero-order valence-electron chi connectivity index (χ0n) is 30.2. The average Bonchev–Trinajstić information content (AvgIpc) is 3.73. The fourth-order valence-corrected chi connectivity index (χ4v) is 9.47. The van der Waals surface area contributed by atoms with Gasteiger partial charge in [-0.25, -0.2) is 0 Å². The molecule has 2 aliphatic carbocycles. The molecular formula is C53H36N2. The molecular weight excluding hydrogens is 665 g/mol. The van der Waals surface area contributed by atoms with Crippen molar-refractivity contribution in [1.29, 1.82) is 0 Å². The van der Waals surface area contributed by atoms with E-state index in [0.717, 1.165) is 28.4 Å². The van der Waals surface area contributed by atoms with E-state index in [2.05, 4.69) is 228 Å². The molecule has 1 spiro atoms. The van der Waals surface area contributed by atoms with Crippen molar-refractivity contribution in [3.63, 3.8) is 0 Å². The van der Waals surface area contributed by atoms with Crippen molar-refractivity contribution < 1.29 is 0 Å². The van der Waals surface area contributed by atoms with Crippen molar-refractivity contribution in [3.05, 3.63) is 241 Å². The zero-order chi connectivity index (χ0) is 36.3.